The molecule has 0 aromatic rings. The molecule has 1 aliphatic carbocycles. The van der Waals surface area contributed by atoms with E-state index in [1.165, 1.54) is 25.7 Å². The summed E-state index contributed by atoms with van der Waals surface area (Å²) in [6, 6.07) is 0.718. The smallest absolute Gasteiger partial charge is 0.0947 e. The van der Waals surface area contributed by atoms with Crippen molar-refractivity contribution >= 4 is 5.84 Å². The van der Waals surface area contributed by atoms with E-state index in [9.17, 15) is 0 Å². The molecule has 3 unspecified atom stereocenters. The molecule has 0 radical (unpaired) electrons. The summed E-state index contributed by atoms with van der Waals surface area (Å²) in [6.45, 7) is 8.65. The highest BCUT2D eigenvalue weighted by Gasteiger charge is 2.25. The molecule has 0 aromatic carbocycles. The van der Waals surface area contributed by atoms with Crippen LogP contribution in [0.5, 0.6) is 0 Å². The fourth-order valence-corrected chi connectivity index (χ4v) is 2.72. The lowest BCUT2D eigenvalue weighted by Gasteiger charge is -2.37. The van der Waals surface area contributed by atoms with Crippen LogP contribution in [0.3, 0.4) is 0 Å². The van der Waals surface area contributed by atoms with E-state index in [2.05, 4.69) is 25.7 Å². The van der Waals surface area contributed by atoms with Crippen molar-refractivity contribution in [2.75, 3.05) is 13.1 Å². The Bertz CT molecular complexity index is 227. The summed E-state index contributed by atoms with van der Waals surface area (Å²) in [5, 5.41) is 7.47. The fraction of sp³-hybridized carbons (Fsp3) is 0.923. The minimum absolute atomic E-state index is 0.192. The van der Waals surface area contributed by atoms with Crippen LogP contribution in [0.2, 0.25) is 0 Å². The van der Waals surface area contributed by atoms with Crippen molar-refractivity contribution in [3.8, 4) is 0 Å². The van der Waals surface area contributed by atoms with Gasteiger partial charge < -0.3 is 5.73 Å². The van der Waals surface area contributed by atoms with E-state index >= 15 is 0 Å². The van der Waals surface area contributed by atoms with Gasteiger partial charge in [0, 0.05) is 18.5 Å². The monoisotopic (exact) mass is 225 g/mol. The maximum atomic E-state index is 7.47. The zero-order chi connectivity index (χ0) is 12.1. The lowest BCUT2D eigenvalue weighted by molar-refractivity contribution is 0.133. The average molecular weight is 225 g/mol. The van der Waals surface area contributed by atoms with Crippen LogP contribution in [-0.2, 0) is 0 Å². The summed E-state index contributed by atoms with van der Waals surface area (Å²) < 4.78 is 0. The molecule has 3 heteroatoms. The summed E-state index contributed by atoms with van der Waals surface area (Å²) in [7, 11) is 0. The van der Waals surface area contributed by atoms with Crippen molar-refractivity contribution in [1.29, 1.82) is 5.41 Å². The van der Waals surface area contributed by atoms with Gasteiger partial charge in [-0.2, -0.15) is 0 Å². The highest BCUT2D eigenvalue weighted by Crippen LogP contribution is 2.27. The molecule has 0 heterocycles. The van der Waals surface area contributed by atoms with Crippen LogP contribution < -0.4 is 5.73 Å². The van der Waals surface area contributed by atoms with Gasteiger partial charge >= 0.3 is 0 Å². The number of amidine groups is 1. The number of hydrogen-bond donors (Lipinski definition) is 2. The van der Waals surface area contributed by atoms with E-state index in [-0.39, 0.29) is 5.92 Å². The van der Waals surface area contributed by atoms with Crippen molar-refractivity contribution < 1.29 is 0 Å². The molecule has 3 N–H and O–H groups in total. The van der Waals surface area contributed by atoms with Crippen molar-refractivity contribution in [2.24, 2.45) is 17.6 Å². The molecule has 94 valence electrons. The zero-order valence-corrected chi connectivity index (χ0v) is 11.0. The average Bonchev–Trinajstić information content (AvgIpc) is 2.25. The topological polar surface area (TPSA) is 53.1 Å². The zero-order valence-electron chi connectivity index (χ0n) is 11.0. The van der Waals surface area contributed by atoms with E-state index in [4.69, 9.17) is 11.1 Å². The summed E-state index contributed by atoms with van der Waals surface area (Å²) in [5.41, 5.74) is 5.55. The molecule has 0 bridgehead atoms. The van der Waals surface area contributed by atoms with Gasteiger partial charge in [-0.15, -0.1) is 0 Å². The van der Waals surface area contributed by atoms with Crippen LogP contribution in [0, 0.1) is 17.2 Å². The molecule has 16 heavy (non-hydrogen) atoms. The van der Waals surface area contributed by atoms with Gasteiger partial charge in [0.1, 0.15) is 0 Å². The Morgan fingerprint density at radius 3 is 2.69 bits per heavy atom. The molecule has 0 saturated heterocycles. The Hall–Kier alpha value is -0.570. The van der Waals surface area contributed by atoms with Crippen LogP contribution in [0.4, 0.5) is 0 Å². The summed E-state index contributed by atoms with van der Waals surface area (Å²) >= 11 is 0. The van der Waals surface area contributed by atoms with Crippen molar-refractivity contribution in [2.45, 2.75) is 52.5 Å². The molecule has 0 amide bonds. The second kappa shape index (κ2) is 6.24. The molecule has 1 rings (SSSR count). The Balaban J connectivity index is 2.49. The van der Waals surface area contributed by atoms with Gasteiger partial charge in [-0.05, 0) is 25.3 Å². The van der Waals surface area contributed by atoms with Gasteiger partial charge in [-0.25, -0.2) is 0 Å². The molecule has 3 atom stereocenters. The molecular weight excluding hydrogens is 198 g/mol. The largest absolute Gasteiger partial charge is 0.387 e. The first-order chi connectivity index (χ1) is 7.54. The highest BCUT2D eigenvalue weighted by molar-refractivity contribution is 5.79. The maximum Gasteiger partial charge on any atom is 0.0947 e. The molecule has 0 aromatic heterocycles. The molecule has 1 fully saturated rings. The molecular formula is C13H27N3. The highest BCUT2D eigenvalue weighted by atomic mass is 15.2. The Morgan fingerprint density at radius 2 is 2.19 bits per heavy atom. The first kappa shape index (κ1) is 13.5. The van der Waals surface area contributed by atoms with Crippen LogP contribution in [0.25, 0.3) is 0 Å². The van der Waals surface area contributed by atoms with E-state index in [0.29, 0.717) is 5.84 Å². The molecule has 1 saturated carbocycles. The van der Waals surface area contributed by atoms with Gasteiger partial charge in [-0.1, -0.05) is 33.6 Å². The van der Waals surface area contributed by atoms with Crippen molar-refractivity contribution in [1.82, 2.24) is 4.90 Å². The predicted octanol–water partition coefficient (Wildman–Crippen LogP) is 2.46. The Morgan fingerprint density at radius 1 is 1.50 bits per heavy atom. The van der Waals surface area contributed by atoms with Crippen LogP contribution in [-0.4, -0.2) is 29.9 Å². The predicted molar refractivity (Wildman–Crippen MR) is 69.7 cm³/mol. The second-order valence-corrected chi connectivity index (χ2v) is 5.37. The van der Waals surface area contributed by atoms with E-state index in [1.807, 2.05) is 0 Å². The number of nitrogens with two attached hydrogens (primary N) is 1. The Kier molecular flexibility index (Phi) is 5.26. The van der Waals surface area contributed by atoms with E-state index in [0.717, 1.165) is 25.0 Å². The lowest BCUT2D eigenvalue weighted by Crippen LogP contribution is -2.43. The SMILES string of the molecule is CCN(CC(C)C(=N)N)C1CCCC(C)C1. The van der Waals surface area contributed by atoms with Crippen molar-refractivity contribution in [3.63, 3.8) is 0 Å². The number of nitrogens with one attached hydrogen (secondary N) is 1. The minimum Gasteiger partial charge on any atom is -0.387 e. The van der Waals surface area contributed by atoms with Crippen molar-refractivity contribution in [3.05, 3.63) is 0 Å². The number of rotatable bonds is 5. The van der Waals surface area contributed by atoms with Crippen LogP contribution >= 0.6 is 0 Å². The third-order valence-corrected chi connectivity index (χ3v) is 3.87. The fourth-order valence-electron chi connectivity index (χ4n) is 2.72. The van der Waals surface area contributed by atoms with Gasteiger partial charge in [0.25, 0.3) is 0 Å². The number of hydrogen-bond acceptors (Lipinski definition) is 2. The first-order valence-corrected chi connectivity index (χ1v) is 6.62. The van der Waals surface area contributed by atoms with Crippen LogP contribution in [0.1, 0.15) is 46.5 Å². The first-order valence-electron chi connectivity index (χ1n) is 6.62. The van der Waals surface area contributed by atoms with Crippen LogP contribution in [0.15, 0.2) is 0 Å². The minimum atomic E-state index is 0.192. The van der Waals surface area contributed by atoms with Gasteiger partial charge in [-0.3, -0.25) is 10.3 Å². The summed E-state index contributed by atoms with van der Waals surface area (Å²) in [6.07, 6.45) is 5.38. The maximum absolute atomic E-state index is 7.47. The molecule has 0 aliphatic heterocycles. The van der Waals surface area contributed by atoms with Gasteiger partial charge in [0.05, 0.1) is 5.84 Å². The summed E-state index contributed by atoms with van der Waals surface area (Å²) in [5.74, 6) is 1.37. The third-order valence-electron chi connectivity index (χ3n) is 3.87. The molecule has 0 spiro atoms. The Labute approximate surface area is 99.9 Å². The van der Waals surface area contributed by atoms with E-state index < -0.39 is 0 Å². The second-order valence-electron chi connectivity index (χ2n) is 5.37. The molecule has 3 nitrogen and oxygen atoms in total. The quantitative estimate of drug-likeness (QED) is 0.558. The molecule has 1 aliphatic rings. The van der Waals surface area contributed by atoms with E-state index in [1.54, 1.807) is 0 Å². The third kappa shape index (κ3) is 3.78. The van der Waals surface area contributed by atoms with Gasteiger partial charge in [0.15, 0.2) is 0 Å². The normalized spacial score (nSPS) is 28.0. The lowest BCUT2D eigenvalue weighted by atomic mass is 9.86. The summed E-state index contributed by atoms with van der Waals surface area (Å²) in [4.78, 5) is 2.52. The van der Waals surface area contributed by atoms with Gasteiger partial charge in [0.2, 0.25) is 0 Å². The standard InChI is InChI=1S/C13H27N3/c1-4-16(9-11(3)13(14)15)12-7-5-6-10(2)8-12/h10-12H,4-9H2,1-3H3,(H3,14,15). The number of nitrogens with zero attached hydrogens (tertiary/aromatic N) is 1.